The molecule has 0 fully saturated rings. The van der Waals surface area contributed by atoms with Gasteiger partial charge in [0.2, 0.25) is 5.91 Å². The molecule has 2 N–H and O–H groups in total. The van der Waals surface area contributed by atoms with E-state index in [1.54, 1.807) is 38.4 Å². The number of hydrogen-bond acceptors (Lipinski definition) is 5. The van der Waals surface area contributed by atoms with Gasteiger partial charge in [0.05, 0.1) is 5.69 Å². The van der Waals surface area contributed by atoms with E-state index in [9.17, 15) is 9.59 Å². The highest BCUT2D eigenvalue weighted by Crippen LogP contribution is 2.37. The number of ether oxygens (including phenoxy) is 1. The Kier molecular flexibility index (Phi) is 4.26. The van der Waals surface area contributed by atoms with E-state index in [1.165, 1.54) is 21.1 Å². The van der Waals surface area contributed by atoms with Crippen LogP contribution >= 0.6 is 11.3 Å². The van der Waals surface area contributed by atoms with Crippen LogP contribution in [0.25, 0.3) is 6.08 Å². The number of amides is 2. The molecule has 1 aromatic carbocycles. The van der Waals surface area contributed by atoms with Gasteiger partial charge in [-0.25, -0.2) is 0 Å². The van der Waals surface area contributed by atoms with Crippen molar-refractivity contribution in [2.45, 2.75) is 0 Å². The number of nitrogen functional groups attached to an aromatic ring is 1. The molecule has 2 heterocycles. The monoisotopic (exact) mass is 343 g/mol. The Morgan fingerprint density at radius 2 is 2.17 bits per heavy atom. The summed E-state index contributed by atoms with van der Waals surface area (Å²) in [5.74, 6) is 0.130. The van der Waals surface area contributed by atoms with E-state index in [4.69, 9.17) is 10.5 Å². The van der Waals surface area contributed by atoms with Crippen LogP contribution in [0.1, 0.15) is 4.88 Å². The summed E-state index contributed by atoms with van der Waals surface area (Å²) in [6.07, 6.45) is 1.68. The number of benzene rings is 1. The third-order valence-corrected chi connectivity index (χ3v) is 4.38. The summed E-state index contributed by atoms with van der Waals surface area (Å²) in [7, 11) is 3.30. The molecule has 3 rings (SSSR count). The molecule has 0 unspecified atom stereocenters. The van der Waals surface area contributed by atoms with Crippen molar-refractivity contribution in [1.82, 2.24) is 4.90 Å². The van der Waals surface area contributed by atoms with Crippen LogP contribution in [0, 0.1) is 0 Å². The molecule has 1 aliphatic heterocycles. The maximum atomic E-state index is 12.8. The fourth-order valence-corrected chi connectivity index (χ4v) is 2.91. The van der Waals surface area contributed by atoms with E-state index >= 15 is 0 Å². The van der Waals surface area contributed by atoms with Crippen LogP contribution in [0.5, 0.6) is 5.75 Å². The normalized spacial score (nSPS) is 15.2. The van der Waals surface area contributed by atoms with Crippen LogP contribution in [-0.4, -0.2) is 37.4 Å². The van der Waals surface area contributed by atoms with Crippen molar-refractivity contribution in [3.05, 3.63) is 46.3 Å². The fraction of sp³-hybridized carbons (Fsp3) is 0.176. The molecule has 0 atom stereocenters. The van der Waals surface area contributed by atoms with Gasteiger partial charge in [-0.15, -0.1) is 11.3 Å². The number of carbonyl (C=O) groups is 2. The van der Waals surface area contributed by atoms with Crippen molar-refractivity contribution in [1.29, 1.82) is 0 Å². The van der Waals surface area contributed by atoms with Crippen LogP contribution < -0.4 is 15.4 Å². The molecule has 1 aliphatic rings. The third kappa shape index (κ3) is 3.11. The highest BCUT2D eigenvalue weighted by atomic mass is 32.1. The predicted octanol–water partition coefficient (Wildman–Crippen LogP) is 2.18. The number of anilines is 2. The van der Waals surface area contributed by atoms with Crippen LogP contribution in [0.3, 0.4) is 0 Å². The van der Waals surface area contributed by atoms with Crippen molar-refractivity contribution in [3.8, 4) is 5.75 Å². The topological polar surface area (TPSA) is 75.9 Å². The minimum Gasteiger partial charge on any atom is -0.449 e. The second-order valence-electron chi connectivity index (χ2n) is 5.53. The van der Waals surface area contributed by atoms with Gasteiger partial charge in [0.15, 0.2) is 11.5 Å². The van der Waals surface area contributed by atoms with Gasteiger partial charge >= 0.3 is 0 Å². The average molecular weight is 343 g/mol. The van der Waals surface area contributed by atoms with Crippen molar-refractivity contribution in [2.24, 2.45) is 0 Å². The first kappa shape index (κ1) is 16.1. The molecule has 1 aromatic heterocycles. The lowest BCUT2D eigenvalue weighted by atomic mass is 10.2. The summed E-state index contributed by atoms with van der Waals surface area (Å²) in [4.78, 5) is 28.7. The average Bonchev–Trinajstić information content (AvgIpc) is 3.04. The molecule has 6 nitrogen and oxygen atoms in total. The molecular formula is C17H17N3O3S. The maximum absolute atomic E-state index is 12.8. The molecule has 0 saturated heterocycles. The Labute approximate surface area is 143 Å². The zero-order valence-corrected chi connectivity index (χ0v) is 14.2. The summed E-state index contributed by atoms with van der Waals surface area (Å²) in [6.45, 7) is -0.0760. The number of rotatable bonds is 3. The molecular weight excluding hydrogens is 326 g/mol. The summed E-state index contributed by atoms with van der Waals surface area (Å²) < 4.78 is 5.74. The molecule has 2 aromatic rings. The van der Waals surface area contributed by atoms with E-state index in [0.29, 0.717) is 17.1 Å². The summed E-state index contributed by atoms with van der Waals surface area (Å²) in [5.41, 5.74) is 6.82. The van der Waals surface area contributed by atoms with E-state index < -0.39 is 0 Å². The van der Waals surface area contributed by atoms with Gasteiger partial charge in [-0.1, -0.05) is 6.07 Å². The van der Waals surface area contributed by atoms with Gasteiger partial charge in [0.1, 0.15) is 6.54 Å². The Morgan fingerprint density at radius 3 is 2.83 bits per heavy atom. The highest BCUT2D eigenvalue weighted by molar-refractivity contribution is 7.10. The standard InChI is InChI=1S/C17H17N3O3S/c1-19(2)16(21)10-20-13-8-11(18)5-6-14(13)23-15(17(20)22)9-12-4-3-7-24-12/h3-9H,10,18H2,1-2H3/b15-9+. The number of thiophene rings is 1. The minimum absolute atomic E-state index is 0.0760. The minimum atomic E-state index is -0.364. The Hall–Kier alpha value is -2.80. The fourth-order valence-electron chi connectivity index (χ4n) is 2.26. The Balaban J connectivity index is 2.03. The molecule has 0 spiro atoms. The first-order valence-corrected chi connectivity index (χ1v) is 8.18. The number of likely N-dealkylation sites (N-methyl/N-ethyl adjacent to an activating group) is 1. The lowest BCUT2D eigenvalue weighted by Crippen LogP contribution is -2.43. The van der Waals surface area contributed by atoms with Gasteiger partial charge in [0.25, 0.3) is 5.91 Å². The van der Waals surface area contributed by atoms with Crippen LogP contribution in [0.2, 0.25) is 0 Å². The molecule has 7 heteroatoms. The van der Waals surface area contributed by atoms with Gasteiger partial charge in [-0.3, -0.25) is 14.5 Å². The summed E-state index contributed by atoms with van der Waals surface area (Å²) in [6, 6.07) is 8.82. The van der Waals surface area contributed by atoms with Gasteiger partial charge in [-0.05, 0) is 29.6 Å². The van der Waals surface area contributed by atoms with Crippen LogP contribution in [0.15, 0.2) is 41.5 Å². The van der Waals surface area contributed by atoms with E-state index in [2.05, 4.69) is 0 Å². The van der Waals surface area contributed by atoms with Crippen molar-refractivity contribution >= 4 is 40.6 Å². The van der Waals surface area contributed by atoms with E-state index in [-0.39, 0.29) is 24.1 Å². The van der Waals surface area contributed by atoms with Crippen LogP contribution in [0.4, 0.5) is 11.4 Å². The third-order valence-electron chi connectivity index (χ3n) is 3.56. The molecule has 24 heavy (non-hydrogen) atoms. The van der Waals surface area contributed by atoms with Gasteiger partial charge < -0.3 is 15.4 Å². The number of nitrogens with two attached hydrogens (primary N) is 1. The molecule has 0 saturated carbocycles. The second kappa shape index (κ2) is 6.37. The smallest absolute Gasteiger partial charge is 0.294 e. The lowest BCUT2D eigenvalue weighted by Gasteiger charge is -2.31. The zero-order chi connectivity index (χ0) is 17.3. The van der Waals surface area contributed by atoms with Crippen molar-refractivity contribution < 1.29 is 14.3 Å². The maximum Gasteiger partial charge on any atom is 0.294 e. The first-order valence-electron chi connectivity index (χ1n) is 7.30. The second-order valence-corrected chi connectivity index (χ2v) is 6.51. The molecule has 2 amide bonds. The van der Waals surface area contributed by atoms with E-state index in [0.717, 1.165) is 4.88 Å². The lowest BCUT2D eigenvalue weighted by molar-refractivity contribution is -0.129. The first-order chi connectivity index (χ1) is 11.5. The highest BCUT2D eigenvalue weighted by Gasteiger charge is 2.32. The Bertz CT molecular complexity index is 812. The van der Waals surface area contributed by atoms with Crippen molar-refractivity contribution in [3.63, 3.8) is 0 Å². The molecule has 0 radical (unpaired) electrons. The zero-order valence-electron chi connectivity index (χ0n) is 13.4. The number of carbonyl (C=O) groups excluding carboxylic acids is 2. The van der Waals surface area contributed by atoms with Crippen molar-refractivity contribution in [2.75, 3.05) is 31.3 Å². The quantitative estimate of drug-likeness (QED) is 0.685. The number of nitrogens with zero attached hydrogens (tertiary/aromatic N) is 2. The van der Waals surface area contributed by atoms with E-state index in [1.807, 2.05) is 17.5 Å². The number of hydrogen-bond donors (Lipinski definition) is 1. The van der Waals surface area contributed by atoms with Gasteiger partial charge in [-0.2, -0.15) is 0 Å². The number of fused-ring (bicyclic) bond motifs is 1. The largest absolute Gasteiger partial charge is 0.449 e. The predicted molar refractivity (Wildman–Crippen MR) is 94.8 cm³/mol. The SMILES string of the molecule is CN(C)C(=O)CN1C(=O)/C(=C\c2cccs2)Oc2ccc(N)cc21. The molecule has 124 valence electrons. The van der Waals surface area contributed by atoms with Crippen LogP contribution in [-0.2, 0) is 9.59 Å². The Morgan fingerprint density at radius 1 is 1.38 bits per heavy atom. The molecule has 0 bridgehead atoms. The van der Waals surface area contributed by atoms with Gasteiger partial charge in [0, 0.05) is 30.7 Å². The molecule has 0 aliphatic carbocycles. The summed E-state index contributed by atoms with van der Waals surface area (Å²) >= 11 is 1.50. The summed E-state index contributed by atoms with van der Waals surface area (Å²) in [5, 5.41) is 1.92.